The molecule has 41 heavy (non-hydrogen) atoms. The Morgan fingerprint density at radius 1 is 1.02 bits per heavy atom. The Labute approximate surface area is 233 Å². The van der Waals surface area contributed by atoms with Crippen molar-refractivity contribution in [3.8, 4) is 11.1 Å². The number of thiophene rings is 1. The number of aromatic nitrogens is 4. The molecule has 14 heteroatoms. The minimum absolute atomic E-state index is 0.0107. The Hall–Kier alpha value is -4.46. The molecule has 5 aromatic rings. The predicted molar refractivity (Wildman–Crippen MR) is 143 cm³/mol. The minimum Gasteiger partial charge on any atom is -0.365 e. The van der Waals surface area contributed by atoms with Gasteiger partial charge in [0.1, 0.15) is 21.1 Å². The minimum atomic E-state index is -4.80. The van der Waals surface area contributed by atoms with Crippen LogP contribution in [0.25, 0.3) is 27.0 Å². The molecule has 0 spiro atoms. The first-order valence-electron chi connectivity index (χ1n) is 12.1. The van der Waals surface area contributed by atoms with Gasteiger partial charge in [0.25, 0.3) is 18.2 Å². The van der Waals surface area contributed by atoms with Crippen LogP contribution in [0.2, 0.25) is 0 Å². The Balaban J connectivity index is 1.68. The van der Waals surface area contributed by atoms with Crippen LogP contribution >= 0.6 is 11.3 Å². The molecule has 0 saturated heterocycles. The number of pyridine rings is 1. The van der Waals surface area contributed by atoms with Crippen molar-refractivity contribution >= 4 is 44.7 Å². The standard InChI is InChI=1S/C27H21F5N6O2S/c1-26(2,3)16-11-17(27(30,31)32)38-18(35-16)10-15(37-38)24(40)36-20-19-13(12-7-5-4-6-8-12)9-14(22(28)29)34-25(19)41-21(20)23(33)39/h4-11,22H,1-3H3,(H2,33,39)(H,36,40). The summed E-state index contributed by atoms with van der Waals surface area (Å²) < 4.78 is 69.6. The number of nitrogens with two attached hydrogens (primary N) is 1. The summed E-state index contributed by atoms with van der Waals surface area (Å²) in [6, 6.07) is 11.5. The first-order valence-corrected chi connectivity index (χ1v) is 12.9. The summed E-state index contributed by atoms with van der Waals surface area (Å²) in [4.78, 5) is 33.8. The summed E-state index contributed by atoms with van der Waals surface area (Å²) >= 11 is 0.705. The van der Waals surface area contributed by atoms with Crippen LogP contribution in [0, 0.1) is 0 Å². The maximum atomic E-state index is 13.9. The van der Waals surface area contributed by atoms with Gasteiger partial charge in [-0.25, -0.2) is 23.3 Å². The van der Waals surface area contributed by atoms with E-state index in [1.165, 1.54) is 0 Å². The van der Waals surface area contributed by atoms with Crippen LogP contribution in [0.5, 0.6) is 0 Å². The van der Waals surface area contributed by atoms with Gasteiger partial charge in [-0.15, -0.1) is 11.3 Å². The molecule has 4 heterocycles. The predicted octanol–water partition coefficient (Wildman–Crippen LogP) is 6.61. The molecule has 212 valence electrons. The fourth-order valence-corrected chi connectivity index (χ4v) is 5.23. The summed E-state index contributed by atoms with van der Waals surface area (Å²) in [5, 5.41) is 6.53. The van der Waals surface area contributed by atoms with Gasteiger partial charge in [-0.2, -0.15) is 18.3 Å². The van der Waals surface area contributed by atoms with Gasteiger partial charge < -0.3 is 11.1 Å². The molecule has 1 aromatic carbocycles. The molecular formula is C27H21F5N6O2S. The number of alkyl halides is 5. The lowest BCUT2D eigenvalue weighted by Gasteiger charge is -2.19. The van der Waals surface area contributed by atoms with Gasteiger partial charge in [0, 0.05) is 16.9 Å². The molecule has 3 N–H and O–H groups in total. The fourth-order valence-electron chi connectivity index (χ4n) is 4.22. The topological polar surface area (TPSA) is 115 Å². The molecular weight excluding hydrogens is 567 g/mol. The first-order chi connectivity index (χ1) is 19.1. The fraction of sp³-hybridized carbons (Fsp3) is 0.222. The third-order valence-corrected chi connectivity index (χ3v) is 7.27. The number of primary amides is 1. The van der Waals surface area contributed by atoms with Crippen LogP contribution in [0.4, 0.5) is 27.6 Å². The molecule has 0 aliphatic rings. The maximum Gasteiger partial charge on any atom is 0.433 e. The zero-order chi connectivity index (χ0) is 29.9. The summed E-state index contributed by atoms with van der Waals surface area (Å²) in [7, 11) is 0. The lowest BCUT2D eigenvalue weighted by molar-refractivity contribution is -0.142. The lowest BCUT2D eigenvalue weighted by Crippen LogP contribution is -2.20. The molecule has 0 atom stereocenters. The third-order valence-electron chi connectivity index (χ3n) is 6.17. The smallest absolute Gasteiger partial charge is 0.365 e. The summed E-state index contributed by atoms with van der Waals surface area (Å²) in [6.45, 7) is 5.09. The van der Waals surface area contributed by atoms with E-state index in [1.807, 2.05) is 0 Å². The van der Waals surface area contributed by atoms with Crippen molar-refractivity contribution in [2.75, 3.05) is 5.32 Å². The van der Waals surface area contributed by atoms with E-state index >= 15 is 0 Å². The highest BCUT2D eigenvalue weighted by Gasteiger charge is 2.37. The summed E-state index contributed by atoms with van der Waals surface area (Å²) in [5.74, 6) is -1.94. The molecule has 2 amide bonds. The molecule has 8 nitrogen and oxygen atoms in total. The number of fused-ring (bicyclic) bond motifs is 2. The van der Waals surface area contributed by atoms with E-state index in [2.05, 4.69) is 20.4 Å². The Bertz CT molecular complexity index is 1820. The highest BCUT2D eigenvalue weighted by molar-refractivity contribution is 7.21. The highest BCUT2D eigenvalue weighted by atomic mass is 32.1. The largest absolute Gasteiger partial charge is 0.433 e. The quantitative estimate of drug-likeness (QED) is 0.224. The molecule has 0 aliphatic heterocycles. The van der Waals surface area contributed by atoms with Gasteiger partial charge in [-0.1, -0.05) is 51.1 Å². The van der Waals surface area contributed by atoms with Crippen molar-refractivity contribution in [3.05, 3.63) is 76.2 Å². The van der Waals surface area contributed by atoms with E-state index in [4.69, 9.17) is 5.73 Å². The van der Waals surface area contributed by atoms with Gasteiger partial charge >= 0.3 is 6.18 Å². The number of carbonyl (C=O) groups excluding carboxylic acids is 2. The molecule has 0 fully saturated rings. The van der Waals surface area contributed by atoms with E-state index in [9.17, 15) is 31.5 Å². The monoisotopic (exact) mass is 588 g/mol. The van der Waals surface area contributed by atoms with E-state index < -0.39 is 46.9 Å². The van der Waals surface area contributed by atoms with Gasteiger partial charge in [-0.05, 0) is 23.3 Å². The number of hydrogen-bond acceptors (Lipinski definition) is 6. The summed E-state index contributed by atoms with van der Waals surface area (Å²) in [6.07, 6.45) is -7.73. The van der Waals surface area contributed by atoms with Crippen LogP contribution in [-0.2, 0) is 11.6 Å². The molecule has 5 rings (SSSR count). The van der Waals surface area contributed by atoms with E-state index in [0.29, 0.717) is 21.4 Å². The molecule has 0 radical (unpaired) electrons. The second-order valence-corrected chi connectivity index (χ2v) is 11.1. The Kier molecular flexibility index (Phi) is 6.76. The third kappa shape index (κ3) is 5.22. The Morgan fingerprint density at radius 3 is 2.29 bits per heavy atom. The maximum absolute atomic E-state index is 13.9. The van der Waals surface area contributed by atoms with Gasteiger partial charge in [0.05, 0.1) is 11.4 Å². The van der Waals surface area contributed by atoms with Gasteiger partial charge in [0.2, 0.25) is 0 Å². The van der Waals surface area contributed by atoms with Gasteiger partial charge in [0.15, 0.2) is 11.3 Å². The first kappa shape index (κ1) is 28.1. The molecule has 0 bridgehead atoms. The van der Waals surface area contributed by atoms with Crippen LogP contribution in [0.1, 0.15) is 64.4 Å². The zero-order valence-corrected chi connectivity index (χ0v) is 22.5. The zero-order valence-electron chi connectivity index (χ0n) is 21.7. The number of anilines is 1. The van der Waals surface area contributed by atoms with Crippen molar-refractivity contribution in [1.29, 1.82) is 0 Å². The van der Waals surface area contributed by atoms with E-state index in [0.717, 1.165) is 18.2 Å². The summed E-state index contributed by atoms with van der Waals surface area (Å²) in [5.41, 5.74) is 3.26. The molecule has 0 saturated carbocycles. The van der Waals surface area contributed by atoms with Crippen molar-refractivity contribution in [2.45, 2.75) is 38.8 Å². The number of nitrogens with one attached hydrogen (secondary N) is 1. The van der Waals surface area contributed by atoms with E-state index in [-0.39, 0.29) is 37.7 Å². The van der Waals surface area contributed by atoms with Crippen molar-refractivity contribution in [2.24, 2.45) is 5.73 Å². The number of nitrogens with zero attached hydrogens (tertiary/aromatic N) is 4. The number of benzene rings is 1. The lowest BCUT2D eigenvalue weighted by atomic mass is 9.91. The van der Waals surface area contributed by atoms with Crippen molar-refractivity contribution in [1.82, 2.24) is 19.6 Å². The van der Waals surface area contributed by atoms with Crippen LogP contribution < -0.4 is 11.1 Å². The van der Waals surface area contributed by atoms with Crippen LogP contribution in [-0.4, -0.2) is 31.4 Å². The van der Waals surface area contributed by atoms with Gasteiger partial charge in [-0.3, -0.25) is 9.59 Å². The molecule has 0 aliphatic carbocycles. The van der Waals surface area contributed by atoms with Crippen molar-refractivity contribution in [3.63, 3.8) is 0 Å². The van der Waals surface area contributed by atoms with E-state index in [1.54, 1.807) is 51.1 Å². The highest BCUT2D eigenvalue weighted by Crippen LogP contribution is 2.42. The number of halogens is 5. The normalized spacial score (nSPS) is 12.4. The second kappa shape index (κ2) is 9.87. The number of amides is 2. The molecule has 0 unspecified atom stereocenters. The average Bonchev–Trinajstić information content (AvgIpc) is 3.49. The molecule has 4 aromatic heterocycles. The average molecular weight is 589 g/mol. The van der Waals surface area contributed by atoms with Crippen LogP contribution in [0.3, 0.4) is 0 Å². The second-order valence-electron chi connectivity index (χ2n) is 10.1. The number of hydrogen-bond donors (Lipinski definition) is 2. The van der Waals surface area contributed by atoms with Crippen LogP contribution in [0.15, 0.2) is 48.5 Å². The van der Waals surface area contributed by atoms with Crippen molar-refractivity contribution < 1.29 is 31.5 Å². The Morgan fingerprint density at radius 2 is 1.71 bits per heavy atom. The number of carbonyl (C=O) groups is 2. The SMILES string of the molecule is CC(C)(C)c1cc(C(F)(F)F)n2nc(C(=O)Nc3c(C(N)=O)sc4nc(C(F)F)cc(-c5ccccc5)c34)cc2n1. The number of rotatable bonds is 5.